The second kappa shape index (κ2) is 9.88. The molecule has 1 aliphatic rings. The highest BCUT2D eigenvalue weighted by Gasteiger charge is 2.37. The fourth-order valence-corrected chi connectivity index (χ4v) is 4.75. The van der Waals surface area contributed by atoms with Crippen molar-refractivity contribution in [2.45, 2.75) is 23.1 Å². The highest BCUT2D eigenvalue weighted by atomic mass is 32.2. The summed E-state index contributed by atoms with van der Waals surface area (Å²) in [6, 6.07) is 26.4. The van der Waals surface area contributed by atoms with Crippen LogP contribution in [0.3, 0.4) is 0 Å². The van der Waals surface area contributed by atoms with Crippen LogP contribution in [0.5, 0.6) is 11.5 Å². The van der Waals surface area contributed by atoms with Gasteiger partial charge in [-0.2, -0.15) is 0 Å². The second-order valence-electron chi connectivity index (χ2n) is 7.61. The Morgan fingerprint density at radius 1 is 0.971 bits per heavy atom. The molecule has 0 fully saturated rings. The quantitative estimate of drug-likeness (QED) is 0.414. The molecule has 2 N–H and O–H groups in total. The minimum atomic E-state index is -0.468. The lowest BCUT2D eigenvalue weighted by atomic mass is 10.0. The fraction of sp³-hybridized carbons (Fsp3) is 0.160. The number of hydrogen-bond acceptors (Lipinski definition) is 7. The maximum Gasteiger partial charge on any atom is 0.240 e. The molecule has 5 rings (SSSR count). The molecular formula is C25H23N5O3S. The number of nitrogens with one attached hydrogen (secondary N) is 2. The number of methoxy groups -OCH3 is 1. The number of ether oxygens (including phenoxy) is 2. The molecule has 0 saturated carbocycles. The Morgan fingerprint density at radius 3 is 2.38 bits per heavy atom. The van der Waals surface area contributed by atoms with Gasteiger partial charge in [-0.05, 0) is 42.0 Å². The number of fused-ring (bicyclic) bond motifs is 1. The van der Waals surface area contributed by atoms with E-state index in [1.165, 1.54) is 11.8 Å². The summed E-state index contributed by atoms with van der Waals surface area (Å²) in [5.74, 6) is 1.97. The molecule has 34 heavy (non-hydrogen) atoms. The molecule has 1 aromatic heterocycles. The Hall–Kier alpha value is -3.98. The van der Waals surface area contributed by atoms with E-state index in [0.29, 0.717) is 16.7 Å². The Kier molecular flexibility index (Phi) is 6.35. The van der Waals surface area contributed by atoms with Gasteiger partial charge in [0.25, 0.3) is 0 Å². The van der Waals surface area contributed by atoms with Gasteiger partial charge in [0.1, 0.15) is 23.4 Å². The van der Waals surface area contributed by atoms with Crippen molar-refractivity contribution >= 4 is 23.4 Å². The zero-order chi connectivity index (χ0) is 23.3. The Labute approximate surface area is 201 Å². The van der Waals surface area contributed by atoms with Crippen molar-refractivity contribution in [3.8, 4) is 11.5 Å². The number of aromatic nitrogens is 3. The molecule has 1 aliphatic heterocycles. The van der Waals surface area contributed by atoms with Crippen LogP contribution in [0.25, 0.3) is 0 Å². The second-order valence-corrected chi connectivity index (χ2v) is 8.72. The van der Waals surface area contributed by atoms with Crippen LogP contribution in [0.1, 0.15) is 17.4 Å². The predicted molar refractivity (Wildman–Crippen MR) is 131 cm³/mol. The molecule has 4 aromatic rings. The third-order valence-electron chi connectivity index (χ3n) is 5.39. The van der Waals surface area contributed by atoms with Gasteiger partial charge in [0, 0.05) is 5.69 Å². The number of rotatable bonds is 7. The normalized spacial score (nSPS) is 16.7. The van der Waals surface area contributed by atoms with Crippen molar-refractivity contribution in [3.63, 3.8) is 0 Å². The third kappa shape index (κ3) is 4.69. The van der Waals surface area contributed by atoms with Gasteiger partial charge in [0.2, 0.25) is 11.1 Å². The number of carbonyl (C=O) groups excluding carboxylic acids is 1. The number of carbonyl (C=O) groups is 1. The summed E-state index contributed by atoms with van der Waals surface area (Å²) in [4.78, 5) is 13.3. The summed E-state index contributed by atoms with van der Waals surface area (Å²) in [6.07, 6.45) is 0. The summed E-state index contributed by atoms with van der Waals surface area (Å²) in [6.45, 7) is 0.245. The van der Waals surface area contributed by atoms with Crippen LogP contribution in [-0.4, -0.2) is 33.1 Å². The fourth-order valence-electron chi connectivity index (χ4n) is 3.66. The lowest BCUT2D eigenvalue weighted by Gasteiger charge is -2.33. The third-order valence-corrected chi connectivity index (χ3v) is 6.60. The molecule has 0 bridgehead atoms. The van der Waals surface area contributed by atoms with E-state index in [0.717, 1.165) is 17.1 Å². The topological polar surface area (TPSA) is 90.3 Å². The van der Waals surface area contributed by atoms with Gasteiger partial charge < -0.3 is 20.2 Å². The van der Waals surface area contributed by atoms with Crippen LogP contribution in [0, 0.1) is 0 Å². The first-order valence-electron chi connectivity index (χ1n) is 10.8. The van der Waals surface area contributed by atoms with Gasteiger partial charge in [-0.15, -0.1) is 10.2 Å². The molecule has 0 aliphatic carbocycles. The van der Waals surface area contributed by atoms with Crippen LogP contribution in [0.15, 0.2) is 90.1 Å². The molecule has 0 saturated heterocycles. The molecule has 0 spiro atoms. The van der Waals surface area contributed by atoms with Crippen LogP contribution in [-0.2, 0) is 11.4 Å². The highest BCUT2D eigenvalue weighted by molar-refractivity contribution is 8.00. The Bertz CT molecular complexity index is 1250. The molecule has 1 amide bonds. The first-order valence-corrected chi connectivity index (χ1v) is 11.6. The first-order chi connectivity index (χ1) is 16.7. The maximum absolute atomic E-state index is 13.3. The zero-order valence-electron chi connectivity index (χ0n) is 18.4. The van der Waals surface area contributed by atoms with Gasteiger partial charge >= 0.3 is 0 Å². The van der Waals surface area contributed by atoms with Crippen LogP contribution < -0.4 is 20.2 Å². The molecular weight excluding hydrogens is 450 g/mol. The van der Waals surface area contributed by atoms with Gasteiger partial charge in [-0.25, -0.2) is 4.68 Å². The highest BCUT2D eigenvalue weighted by Crippen LogP contribution is 2.37. The summed E-state index contributed by atoms with van der Waals surface area (Å²) in [5, 5.41) is 11.7. The monoisotopic (exact) mass is 473 g/mol. The molecule has 8 nitrogen and oxygen atoms in total. The van der Waals surface area contributed by atoms with Crippen molar-refractivity contribution in [3.05, 3.63) is 96.3 Å². The van der Waals surface area contributed by atoms with Crippen molar-refractivity contribution < 1.29 is 14.3 Å². The largest absolute Gasteiger partial charge is 0.497 e. The summed E-state index contributed by atoms with van der Waals surface area (Å²) < 4.78 is 12.9. The number of nitrogens with zero attached hydrogens (tertiary/aromatic N) is 3. The van der Waals surface area contributed by atoms with E-state index >= 15 is 0 Å². The number of hydrogen-bond donors (Lipinski definition) is 2. The maximum atomic E-state index is 13.3. The molecule has 0 unspecified atom stereocenters. The lowest BCUT2D eigenvalue weighted by molar-refractivity contribution is -0.116. The molecule has 0 radical (unpaired) electrons. The molecule has 9 heteroatoms. The summed E-state index contributed by atoms with van der Waals surface area (Å²) >= 11 is 1.37. The van der Waals surface area contributed by atoms with E-state index in [2.05, 4.69) is 20.9 Å². The standard InChI is InChI=1S/C25H23N5O3S/c1-32-19-14-12-18(13-15-19)26-24(31)23-22(17-8-4-2-5-9-17)29-30-21(27-28-25(30)34-23)16-33-20-10-6-3-7-11-20/h2-15,22-23,29H,16H2,1H3,(H,26,31)/t22-,23+/m1/s1. The number of para-hydroxylation sites is 1. The predicted octanol–water partition coefficient (Wildman–Crippen LogP) is 4.26. The van der Waals surface area contributed by atoms with E-state index in [-0.39, 0.29) is 18.6 Å². The molecule has 3 aromatic carbocycles. The van der Waals surface area contributed by atoms with Crippen molar-refractivity contribution in [2.75, 3.05) is 17.9 Å². The minimum absolute atomic E-state index is 0.132. The summed E-state index contributed by atoms with van der Waals surface area (Å²) in [7, 11) is 1.61. The van der Waals surface area contributed by atoms with Crippen molar-refractivity contribution in [1.29, 1.82) is 0 Å². The minimum Gasteiger partial charge on any atom is -0.497 e. The number of thioether (sulfide) groups is 1. The van der Waals surface area contributed by atoms with Gasteiger partial charge in [0.05, 0.1) is 13.2 Å². The Morgan fingerprint density at radius 2 is 1.68 bits per heavy atom. The van der Waals surface area contributed by atoms with Crippen molar-refractivity contribution in [2.24, 2.45) is 0 Å². The smallest absolute Gasteiger partial charge is 0.240 e. The van der Waals surface area contributed by atoms with Gasteiger partial charge in [-0.3, -0.25) is 4.79 Å². The van der Waals surface area contributed by atoms with E-state index < -0.39 is 5.25 Å². The molecule has 2 heterocycles. The Balaban J connectivity index is 1.39. The molecule has 2 atom stereocenters. The van der Waals surface area contributed by atoms with Crippen LogP contribution >= 0.6 is 11.8 Å². The van der Waals surface area contributed by atoms with E-state index in [1.54, 1.807) is 7.11 Å². The lowest BCUT2D eigenvalue weighted by Crippen LogP contribution is -2.41. The van der Waals surface area contributed by atoms with Gasteiger partial charge in [-0.1, -0.05) is 60.3 Å². The average molecular weight is 474 g/mol. The zero-order valence-corrected chi connectivity index (χ0v) is 19.2. The molecule has 172 valence electrons. The number of amides is 1. The number of benzene rings is 3. The van der Waals surface area contributed by atoms with Crippen molar-refractivity contribution in [1.82, 2.24) is 14.9 Å². The van der Waals surface area contributed by atoms with Gasteiger partial charge in [0.15, 0.2) is 5.82 Å². The average Bonchev–Trinajstić information content (AvgIpc) is 3.30. The first kappa shape index (κ1) is 21.8. The van der Waals surface area contributed by atoms with E-state index in [9.17, 15) is 4.79 Å². The number of anilines is 1. The van der Waals surface area contributed by atoms with E-state index in [4.69, 9.17) is 9.47 Å². The van der Waals surface area contributed by atoms with Crippen LogP contribution in [0.2, 0.25) is 0 Å². The van der Waals surface area contributed by atoms with Crippen LogP contribution in [0.4, 0.5) is 5.69 Å². The SMILES string of the molecule is COc1ccc(NC(=O)[C@H]2Sc3nnc(COc4ccccc4)n3N[C@@H]2c2ccccc2)cc1. The summed E-state index contributed by atoms with van der Waals surface area (Å²) in [5.41, 5.74) is 5.12. The van der Waals surface area contributed by atoms with E-state index in [1.807, 2.05) is 89.6 Å².